The molecule has 19 heavy (non-hydrogen) atoms. The molecule has 0 saturated heterocycles. The maximum atomic E-state index is 11.8. The monoisotopic (exact) mass is 293 g/mol. The van der Waals surface area contributed by atoms with Crippen molar-refractivity contribution in [3.05, 3.63) is 39.7 Å². The lowest BCUT2D eigenvalue weighted by Crippen LogP contribution is -2.22. The Morgan fingerprint density at radius 3 is 2.84 bits per heavy atom. The molecule has 1 amide bonds. The molecule has 1 aromatic carbocycles. The minimum atomic E-state index is 0.000373. The highest BCUT2D eigenvalue weighted by molar-refractivity contribution is 7.16. The van der Waals surface area contributed by atoms with Crippen molar-refractivity contribution in [1.82, 2.24) is 4.98 Å². The first-order valence-electron chi connectivity index (χ1n) is 5.91. The average Bonchev–Trinajstić information content (AvgIpc) is 2.81. The Bertz CT molecular complexity index is 623. The standard InChI is InChI=1S/C13H12ClN3OS/c1-15-13-17-12-11(19-13)9(6-10(18)16-12)7-2-4-8(14)5-3-7/h2-5,9H,6H2,1H3,(H,15,17)(H,16,18)/t9-/m1/s1. The van der Waals surface area contributed by atoms with E-state index >= 15 is 0 Å². The normalized spacial score (nSPS) is 17.8. The predicted octanol–water partition coefficient (Wildman–Crippen LogP) is 3.31. The Morgan fingerprint density at radius 1 is 1.42 bits per heavy atom. The van der Waals surface area contributed by atoms with E-state index in [0.717, 1.165) is 15.6 Å². The summed E-state index contributed by atoms with van der Waals surface area (Å²) in [5.41, 5.74) is 1.09. The van der Waals surface area contributed by atoms with Gasteiger partial charge < -0.3 is 10.6 Å². The van der Waals surface area contributed by atoms with E-state index in [2.05, 4.69) is 15.6 Å². The Hall–Kier alpha value is -1.59. The summed E-state index contributed by atoms with van der Waals surface area (Å²) in [5.74, 6) is 0.728. The number of nitrogens with one attached hydrogen (secondary N) is 2. The van der Waals surface area contributed by atoms with Crippen molar-refractivity contribution >= 4 is 39.8 Å². The van der Waals surface area contributed by atoms with Crippen molar-refractivity contribution in [2.75, 3.05) is 17.7 Å². The van der Waals surface area contributed by atoms with Gasteiger partial charge in [0.2, 0.25) is 5.91 Å². The number of fused-ring (bicyclic) bond motifs is 1. The van der Waals surface area contributed by atoms with Crippen molar-refractivity contribution in [3.63, 3.8) is 0 Å². The molecule has 0 bridgehead atoms. The molecule has 2 N–H and O–H groups in total. The van der Waals surface area contributed by atoms with Crippen molar-refractivity contribution in [3.8, 4) is 0 Å². The zero-order valence-electron chi connectivity index (χ0n) is 10.2. The van der Waals surface area contributed by atoms with Crippen LogP contribution in [0.4, 0.5) is 10.9 Å². The molecule has 1 atom stereocenters. The molecule has 0 aliphatic carbocycles. The predicted molar refractivity (Wildman–Crippen MR) is 78.2 cm³/mol. The Morgan fingerprint density at radius 2 is 2.16 bits per heavy atom. The summed E-state index contributed by atoms with van der Waals surface area (Å²) in [4.78, 5) is 17.2. The van der Waals surface area contributed by atoms with Gasteiger partial charge in [0, 0.05) is 24.4 Å². The van der Waals surface area contributed by atoms with Crippen molar-refractivity contribution in [2.24, 2.45) is 0 Å². The van der Waals surface area contributed by atoms with Gasteiger partial charge in [-0.15, -0.1) is 0 Å². The van der Waals surface area contributed by atoms with Gasteiger partial charge in [-0.25, -0.2) is 4.98 Å². The molecule has 6 heteroatoms. The number of halogens is 1. The molecule has 1 aliphatic rings. The fourth-order valence-corrected chi connectivity index (χ4v) is 3.32. The number of rotatable bonds is 2. The smallest absolute Gasteiger partial charge is 0.226 e. The van der Waals surface area contributed by atoms with Gasteiger partial charge in [-0.1, -0.05) is 35.1 Å². The molecule has 0 spiro atoms. The van der Waals surface area contributed by atoms with E-state index in [4.69, 9.17) is 11.6 Å². The summed E-state index contributed by atoms with van der Waals surface area (Å²) in [5, 5.41) is 7.34. The number of hydrogen-bond acceptors (Lipinski definition) is 4. The SMILES string of the molecule is CNc1nc2c(s1)[C@@H](c1ccc(Cl)cc1)CC(=O)N2. The lowest BCUT2D eigenvalue weighted by atomic mass is 9.92. The number of hydrogen-bond donors (Lipinski definition) is 2. The Kier molecular flexibility index (Phi) is 3.16. The molecule has 0 saturated carbocycles. The van der Waals surface area contributed by atoms with Crippen LogP contribution in [-0.4, -0.2) is 17.9 Å². The topological polar surface area (TPSA) is 54.0 Å². The van der Waals surface area contributed by atoms with Crippen molar-refractivity contribution in [1.29, 1.82) is 0 Å². The average molecular weight is 294 g/mol. The van der Waals surface area contributed by atoms with E-state index in [1.165, 1.54) is 0 Å². The van der Waals surface area contributed by atoms with Crippen LogP contribution < -0.4 is 10.6 Å². The number of carbonyl (C=O) groups is 1. The van der Waals surface area contributed by atoms with E-state index in [-0.39, 0.29) is 11.8 Å². The summed E-state index contributed by atoms with van der Waals surface area (Å²) in [6, 6.07) is 7.63. The van der Waals surface area contributed by atoms with Crippen LogP contribution in [0, 0.1) is 0 Å². The fraction of sp³-hybridized carbons (Fsp3) is 0.231. The first-order chi connectivity index (χ1) is 9.17. The molecular formula is C13H12ClN3OS. The van der Waals surface area contributed by atoms with Crippen LogP contribution in [0.25, 0.3) is 0 Å². The second kappa shape index (κ2) is 4.83. The second-order valence-electron chi connectivity index (χ2n) is 4.34. The molecule has 3 rings (SSSR count). The van der Waals surface area contributed by atoms with Gasteiger partial charge in [-0.05, 0) is 17.7 Å². The minimum Gasteiger partial charge on any atom is -0.365 e. The lowest BCUT2D eigenvalue weighted by molar-refractivity contribution is -0.116. The number of benzene rings is 1. The van der Waals surface area contributed by atoms with E-state index in [9.17, 15) is 4.79 Å². The molecule has 0 fully saturated rings. The molecule has 4 nitrogen and oxygen atoms in total. The van der Waals surface area contributed by atoms with Crippen molar-refractivity contribution < 1.29 is 4.79 Å². The quantitative estimate of drug-likeness (QED) is 0.893. The zero-order valence-corrected chi connectivity index (χ0v) is 11.8. The van der Waals surface area contributed by atoms with Crippen LogP contribution in [0.1, 0.15) is 22.8 Å². The van der Waals surface area contributed by atoms with Gasteiger partial charge in [0.15, 0.2) is 5.13 Å². The number of carbonyl (C=O) groups excluding carboxylic acids is 1. The van der Waals surface area contributed by atoms with Gasteiger partial charge >= 0.3 is 0 Å². The largest absolute Gasteiger partial charge is 0.365 e. The summed E-state index contributed by atoms with van der Waals surface area (Å²) >= 11 is 7.48. The number of anilines is 2. The number of nitrogens with zero attached hydrogens (tertiary/aromatic N) is 1. The van der Waals surface area contributed by atoms with Crippen LogP contribution in [0.3, 0.4) is 0 Å². The molecule has 98 valence electrons. The second-order valence-corrected chi connectivity index (χ2v) is 5.81. The maximum Gasteiger partial charge on any atom is 0.226 e. The molecule has 0 unspecified atom stereocenters. The van der Waals surface area contributed by atoms with E-state index in [0.29, 0.717) is 17.3 Å². The summed E-state index contributed by atoms with van der Waals surface area (Å²) in [7, 11) is 1.82. The first-order valence-corrected chi connectivity index (χ1v) is 7.10. The van der Waals surface area contributed by atoms with Crippen LogP contribution in [-0.2, 0) is 4.79 Å². The van der Waals surface area contributed by atoms with Gasteiger partial charge in [0.1, 0.15) is 5.82 Å². The Balaban J connectivity index is 2.05. The van der Waals surface area contributed by atoms with Crippen molar-refractivity contribution in [2.45, 2.75) is 12.3 Å². The number of aromatic nitrogens is 1. The first kappa shape index (κ1) is 12.4. The van der Waals surface area contributed by atoms with E-state index in [1.807, 2.05) is 31.3 Å². The van der Waals surface area contributed by atoms with Gasteiger partial charge in [0.05, 0.1) is 4.88 Å². The molecule has 1 aliphatic heterocycles. The zero-order chi connectivity index (χ0) is 13.4. The van der Waals surface area contributed by atoms with Crippen LogP contribution in [0.15, 0.2) is 24.3 Å². The van der Waals surface area contributed by atoms with Crippen LogP contribution in [0.5, 0.6) is 0 Å². The molecule has 1 aromatic heterocycles. The number of amides is 1. The molecular weight excluding hydrogens is 282 g/mol. The van der Waals surface area contributed by atoms with Gasteiger partial charge in [-0.3, -0.25) is 4.79 Å². The van der Waals surface area contributed by atoms with Gasteiger partial charge in [0.25, 0.3) is 0 Å². The lowest BCUT2D eigenvalue weighted by Gasteiger charge is -2.21. The number of thiazole rings is 1. The third-order valence-electron chi connectivity index (χ3n) is 3.10. The molecule has 2 heterocycles. The third-order valence-corrected chi connectivity index (χ3v) is 4.54. The summed E-state index contributed by atoms with van der Waals surface area (Å²) in [6.07, 6.45) is 0.444. The molecule has 0 radical (unpaired) electrons. The highest BCUT2D eigenvalue weighted by atomic mass is 35.5. The maximum absolute atomic E-state index is 11.8. The highest BCUT2D eigenvalue weighted by Gasteiger charge is 2.30. The van der Waals surface area contributed by atoms with Crippen LogP contribution >= 0.6 is 22.9 Å². The Labute approximate surface area is 119 Å². The fourth-order valence-electron chi connectivity index (χ4n) is 2.19. The summed E-state index contributed by atoms with van der Waals surface area (Å²) in [6.45, 7) is 0. The molecule has 2 aromatic rings. The highest BCUT2D eigenvalue weighted by Crippen LogP contribution is 2.42. The van der Waals surface area contributed by atoms with E-state index < -0.39 is 0 Å². The van der Waals surface area contributed by atoms with Gasteiger partial charge in [-0.2, -0.15) is 0 Å². The van der Waals surface area contributed by atoms with Crippen LogP contribution in [0.2, 0.25) is 5.02 Å². The summed E-state index contributed by atoms with van der Waals surface area (Å²) < 4.78 is 0. The minimum absolute atomic E-state index is 0.000373. The third kappa shape index (κ3) is 2.31. The van der Waals surface area contributed by atoms with E-state index in [1.54, 1.807) is 11.3 Å².